The highest BCUT2D eigenvalue weighted by Crippen LogP contribution is 2.12. The van der Waals surface area contributed by atoms with Crippen LogP contribution in [0.5, 0.6) is 5.75 Å². The molecule has 1 aliphatic rings. The molecule has 1 amide bonds. The van der Waals surface area contributed by atoms with E-state index < -0.39 is 0 Å². The molecule has 0 spiro atoms. The van der Waals surface area contributed by atoms with E-state index in [2.05, 4.69) is 10.6 Å². The van der Waals surface area contributed by atoms with E-state index in [4.69, 9.17) is 4.74 Å². The van der Waals surface area contributed by atoms with Crippen LogP contribution in [0.4, 0.5) is 0 Å². The maximum atomic E-state index is 12.0. The first-order chi connectivity index (χ1) is 9.25. The molecule has 0 radical (unpaired) electrons. The zero-order chi connectivity index (χ0) is 13.5. The summed E-state index contributed by atoms with van der Waals surface area (Å²) in [6.45, 7) is 4.40. The monoisotopic (exact) mass is 262 g/mol. The van der Waals surface area contributed by atoms with Crippen molar-refractivity contribution in [2.45, 2.75) is 25.9 Å². The molecule has 1 saturated heterocycles. The molecule has 104 valence electrons. The van der Waals surface area contributed by atoms with Gasteiger partial charge in [-0.25, -0.2) is 0 Å². The third-order valence-electron chi connectivity index (χ3n) is 3.35. The van der Waals surface area contributed by atoms with E-state index in [-0.39, 0.29) is 17.9 Å². The van der Waals surface area contributed by atoms with Crippen LogP contribution in [0, 0.1) is 5.92 Å². The van der Waals surface area contributed by atoms with Crippen LogP contribution >= 0.6 is 0 Å². The van der Waals surface area contributed by atoms with E-state index in [0.29, 0.717) is 6.54 Å². The second-order valence-corrected chi connectivity index (χ2v) is 5.01. The SMILES string of the molecule is CC(CNC(=O)C1CCNCC1)Oc1ccccc1. The molecule has 19 heavy (non-hydrogen) atoms. The summed E-state index contributed by atoms with van der Waals surface area (Å²) < 4.78 is 5.72. The summed E-state index contributed by atoms with van der Waals surface area (Å²) in [5.74, 6) is 1.15. The van der Waals surface area contributed by atoms with Crippen molar-refractivity contribution in [1.82, 2.24) is 10.6 Å². The van der Waals surface area contributed by atoms with Crippen molar-refractivity contribution >= 4 is 5.91 Å². The number of carbonyl (C=O) groups is 1. The van der Waals surface area contributed by atoms with Crippen LogP contribution in [0.2, 0.25) is 0 Å². The number of rotatable bonds is 5. The number of ether oxygens (including phenoxy) is 1. The van der Waals surface area contributed by atoms with Crippen molar-refractivity contribution in [3.8, 4) is 5.75 Å². The first-order valence-corrected chi connectivity index (χ1v) is 6.96. The number of hydrogen-bond donors (Lipinski definition) is 2. The van der Waals surface area contributed by atoms with Gasteiger partial charge in [0, 0.05) is 5.92 Å². The average Bonchev–Trinajstić information content (AvgIpc) is 2.47. The lowest BCUT2D eigenvalue weighted by Crippen LogP contribution is -2.41. The third-order valence-corrected chi connectivity index (χ3v) is 3.35. The Labute approximate surface area is 114 Å². The van der Waals surface area contributed by atoms with Crippen LogP contribution in [0.25, 0.3) is 0 Å². The highest BCUT2D eigenvalue weighted by Gasteiger charge is 2.20. The fourth-order valence-corrected chi connectivity index (χ4v) is 2.25. The summed E-state index contributed by atoms with van der Waals surface area (Å²) in [5, 5.41) is 6.24. The van der Waals surface area contributed by atoms with Crippen molar-refractivity contribution in [2.75, 3.05) is 19.6 Å². The van der Waals surface area contributed by atoms with Crippen molar-refractivity contribution in [2.24, 2.45) is 5.92 Å². The van der Waals surface area contributed by atoms with Gasteiger partial charge in [-0.3, -0.25) is 4.79 Å². The molecule has 4 nitrogen and oxygen atoms in total. The first kappa shape index (κ1) is 13.9. The van der Waals surface area contributed by atoms with Crippen LogP contribution < -0.4 is 15.4 Å². The predicted molar refractivity (Wildman–Crippen MR) is 75.1 cm³/mol. The molecule has 1 aliphatic heterocycles. The lowest BCUT2D eigenvalue weighted by Gasteiger charge is -2.23. The van der Waals surface area contributed by atoms with Gasteiger partial charge >= 0.3 is 0 Å². The number of amides is 1. The number of benzene rings is 1. The maximum absolute atomic E-state index is 12.0. The van der Waals surface area contributed by atoms with Crippen LogP contribution in [-0.4, -0.2) is 31.6 Å². The van der Waals surface area contributed by atoms with Crippen molar-refractivity contribution in [1.29, 1.82) is 0 Å². The summed E-state index contributed by atoms with van der Waals surface area (Å²) in [5.41, 5.74) is 0. The zero-order valence-electron chi connectivity index (χ0n) is 11.4. The van der Waals surface area contributed by atoms with E-state index in [9.17, 15) is 4.79 Å². The molecule has 0 aromatic heterocycles. The molecule has 1 atom stereocenters. The molecular formula is C15H22N2O2. The summed E-state index contributed by atoms with van der Waals surface area (Å²) in [6.07, 6.45) is 1.84. The Kier molecular flexibility index (Phi) is 5.21. The standard InChI is InChI=1S/C15H22N2O2/c1-12(19-14-5-3-2-4-6-14)11-17-15(18)13-7-9-16-10-8-13/h2-6,12-13,16H,7-11H2,1H3,(H,17,18). The molecule has 0 aliphatic carbocycles. The van der Waals surface area contributed by atoms with Gasteiger partial charge in [-0.2, -0.15) is 0 Å². The lowest BCUT2D eigenvalue weighted by molar-refractivity contribution is -0.126. The number of hydrogen-bond acceptors (Lipinski definition) is 3. The van der Waals surface area contributed by atoms with Crippen LogP contribution in [0.1, 0.15) is 19.8 Å². The van der Waals surface area contributed by atoms with Gasteiger partial charge in [0.1, 0.15) is 11.9 Å². The van der Waals surface area contributed by atoms with E-state index >= 15 is 0 Å². The molecule has 0 bridgehead atoms. The third kappa shape index (κ3) is 4.56. The number of nitrogens with one attached hydrogen (secondary N) is 2. The van der Waals surface area contributed by atoms with E-state index in [0.717, 1.165) is 31.7 Å². The van der Waals surface area contributed by atoms with Gasteiger partial charge in [0.05, 0.1) is 6.54 Å². The Morgan fingerprint density at radius 3 is 2.74 bits per heavy atom. The molecule has 1 unspecified atom stereocenters. The van der Waals surface area contributed by atoms with Crippen LogP contribution in [-0.2, 0) is 4.79 Å². The van der Waals surface area contributed by atoms with Gasteiger partial charge in [0.15, 0.2) is 0 Å². The molecule has 0 saturated carbocycles. The van der Waals surface area contributed by atoms with Crippen LogP contribution in [0.3, 0.4) is 0 Å². The maximum Gasteiger partial charge on any atom is 0.223 e. The molecule has 2 rings (SSSR count). The fourth-order valence-electron chi connectivity index (χ4n) is 2.25. The smallest absolute Gasteiger partial charge is 0.223 e. The van der Waals surface area contributed by atoms with Gasteiger partial charge < -0.3 is 15.4 Å². The lowest BCUT2D eigenvalue weighted by atomic mass is 9.97. The van der Waals surface area contributed by atoms with Crippen LogP contribution in [0.15, 0.2) is 30.3 Å². The quantitative estimate of drug-likeness (QED) is 0.847. The Morgan fingerprint density at radius 1 is 1.37 bits per heavy atom. The molecule has 2 N–H and O–H groups in total. The summed E-state index contributed by atoms with van der Waals surface area (Å²) in [7, 11) is 0. The Balaban J connectivity index is 1.71. The molecule has 1 aromatic rings. The number of carbonyl (C=O) groups excluding carboxylic acids is 1. The van der Waals surface area contributed by atoms with Gasteiger partial charge in [-0.15, -0.1) is 0 Å². The van der Waals surface area contributed by atoms with E-state index in [1.54, 1.807) is 0 Å². The van der Waals surface area contributed by atoms with Crippen molar-refractivity contribution in [3.05, 3.63) is 30.3 Å². The fraction of sp³-hybridized carbons (Fsp3) is 0.533. The normalized spacial score (nSPS) is 17.7. The van der Waals surface area contributed by atoms with E-state index in [1.807, 2.05) is 37.3 Å². The predicted octanol–water partition coefficient (Wildman–Crippen LogP) is 1.57. The second kappa shape index (κ2) is 7.14. The van der Waals surface area contributed by atoms with Gasteiger partial charge in [-0.05, 0) is 45.0 Å². The van der Waals surface area contributed by atoms with Crippen molar-refractivity contribution in [3.63, 3.8) is 0 Å². The minimum atomic E-state index is -0.0203. The Bertz CT molecular complexity index is 388. The topological polar surface area (TPSA) is 50.4 Å². The molecule has 4 heteroatoms. The number of para-hydroxylation sites is 1. The minimum absolute atomic E-state index is 0.0203. The summed E-state index contributed by atoms with van der Waals surface area (Å²) >= 11 is 0. The largest absolute Gasteiger partial charge is 0.489 e. The minimum Gasteiger partial charge on any atom is -0.489 e. The summed E-state index contributed by atoms with van der Waals surface area (Å²) in [6, 6.07) is 9.68. The molecular weight excluding hydrogens is 240 g/mol. The highest BCUT2D eigenvalue weighted by molar-refractivity contribution is 5.78. The van der Waals surface area contributed by atoms with Gasteiger partial charge in [0.2, 0.25) is 5.91 Å². The van der Waals surface area contributed by atoms with E-state index in [1.165, 1.54) is 0 Å². The highest BCUT2D eigenvalue weighted by atomic mass is 16.5. The average molecular weight is 262 g/mol. The van der Waals surface area contributed by atoms with Crippen molar-refractivity contribution < 1.29 is 9.53 Å². The first-order valence-electron chi connectivity index (χ1n) is 6.96. The van der Waals surface area contributed by atoms with Gasteiger partial charge in [-0.1, -0.05) is 18.2 Å². The van der Waals surface area contributed by atoms with Gasteiger partial charge in [0.25, 0.3) is 0 Å². The Hall–Kier alpha value is -1.55. The number of piperidine rings is 1. The molecule has 1 aromatic carbocycles. The molecule has 1 fully saturated rings. The molecule has 1 heterocycles. The Morgan fingerprint density at radius 2 is 2.05 bits per heavy atom. The zero-order valence-corrected chi connectivity index (χ0v) is 11.4. The second-order valence-electron chi connectivity index (χ2n) is 5.01. The summed E-state index contributed by atoms with van der Waals surface area (Å²) in [4.78, 5) is 12.0.